The fourth-order valence-electron chi connectivity index (χ4n) is 2.91. The van der Waals surface area contributed by atoms with Gasteiger partial charge in [0.2, 0.25) is 0 Å². The van der Waals surface area contributed by atoms with E-state index in [9.17, 15) is 4.79 Å². The van der Waals surface area contributed by atoms with Gasteiger partial charge in [0.1, 0.15) is 0 Å². The summed E-state index contributed by atoms with van der Waals surface area (Å²) >= 11 is 0. The average Bonchev–Trinajstić information content (AvgIpc) is 2.71. The average molecular weight is 255 g/mol. The maximum Gasteiger partial charge on any atom is 0.308 e. The standard InChI is InChI=1S/C15H29NO2/c1-4-5-6-7-8-9-13(3)16-10-12(2)14(11-16)15(17)18/h12-14H,4-11H2,1-3H3,(H,17,18)/t12-,13?,14-/m1/s1. The third-order valence-corrected chi connectivity index (χ3v) is 4.31. The molecule has 0 aromatic carbocycles. The van der Waals surface area contributed by atoms with Crippen LogP contribution in [0.5, 0.6) is 0 Å². The molecular formula is C15H29NO2. The van der Waals surface area contributed by atoms with Crippen molar-refractivity contribution in [2.75, 3.05) is 13.1 Å². The zero-order valence-electron chi connectivity index (χ0n) is 12.2. The third kappa shape index (κ3) is 4.60. The number of hydrogen-bond donors (Lipinski definition) is 1. The zero-order chi connectivity index (χ0) is 13.5. The summed E-state index contributed by atoms with van der Waals surface area (Å²) in [5.74, 6) is -0.488. The molecular weight excluding hydrogens is 226 g/mol. The highest BCUT2D eigenvalue weighted by atomic mass is 16.4. The van der Waals surface area contributed by atoms with Gasteiger partial charge in [-0.3, -0.25) is 9.69 Å². The Balaban J connectivity index is 2.22. The number of unbranched alkanes of at least 4 members (excludes halogenated alkanes) is 4. The van der Waals surface area contributed by atoms with Gasteiger partial charge in [0.05, 0.1) is 5.92 Å². The van der Waals surface area contributed by atoms with Crippen LogP contribution in [0.4, 0.5) is 0 Å². The van der Waals surface area contributed by atoms with Crippen molar-refractivity contribution in [3.63, 3.8) is 0 Å². The van der Waals surface area contributed by atoms with E-state index >= 15 is 0 Å². The Kier molecular flexibility index (Phi) is 6.69. The highest BCUT2D eigenvalue weighted by molar-refractivity contribution is 5.71. The van der Waals surface area contributed by atoms with E-state index in [0.717, 1.165) is 13.1 Å². The van der Waals surface area contributed by atoms with E-state index in [4.69, 9.17) is 5.11 Å². The highest BCUT2D eigenvalue weighted by Crippen LogP contribution is 2.26. The van der Waals surface area contributed by atoms with Crippen LogP contribution < -0.4 is 0 Å². The molecule has 0 aromatic heterocycles. The molecule has 0 radical (unpaired) electrons. The van der Waals surface area contributed by atoms with E-state index in [1.165, 1.54) is 38.5 Å². The third-order valence-electron chi connectivity index (χ3n) is 4.31. The molecule has 3 atom stereocenters. The van der Waals surface area contributed by atoms with Crippen LogP contribution in [0.2, 0.25) is 0 Å². The van der Waals surface area contributed by atoms with Gasteiger partial charge in [0.15, 0.2) is 0 Å². The molecule has 1 heterocycles. The maximum absolute atomic E-state index is 11.1. The molecule has 106 valence electrons. The Labute approximate surface area is 112 Å². The van der Waals surface area contributed by atoms with Gasteiger partial charge < -0.3 is 5.11 Å². The Morgan fingerprint density at radius 1 is 1.28 bits per heavy atom. The second-order valence-electron chi connectivity index (χ2n) is 5.93. The molecule has 18 heavy (non-hydrogen) atoms. The topological polar surface area (TPSA) is 40.5 Å². The molecule has 1 unspecified atom stereocenters. The van der Waals surface area contributed by atoms with E-state index in [1.54, 1.807) is 0 Å². The summed E-state index contributed by atoms with van der Waals surface area (Å²) in [6.07, 6.45) is 7.80. The monoisotopic (exact) mass is 255 g/mol. The van der Waals surface area contributed by atoms with E-state index in [2.05, 4.69) is 25.7 Å². The zero-order valence-corrected chi connectivity index (χ0v) is 12.2. The molecule has 1 rings (SSSR count). The van der Waals surface area contributed by atoms with Crippen LogP contribution in [0.3, 0.4) is 0 Å². The molecule has 1 N–H and O–H groups in total. The normalized spacial score (nSPS) is 26.4. The first-order chi connectivity index (χ1) is 8.56. The van der Waals surface area contributed by atoms with Crippen molar-refractivity contribution >= 4 is 5.97 Å². The van der Waals surface area contributed by atoms with Gasteiger partial charge in [0.25, 0.3) is 0 Å². The van der Waals surface area contributed by atoms with Crippen LogP contribution in [0.25, 0.3) is 0 Å². The van der Waals surface area contributed by atoms with E-state index in [0.29, 0.717) is 12.0 Å². The van der Waals surface area contributed by atoms with Gasteiger partial charge in [-0.1, -0.05) is 46.0 Å². The summed E-state index contributed by atoms with van der Waals surface area (Å²) in [5.41, 5.74) is 0. The number of rotatable bonds is 8. The molecule has 1 fully saturated rings. The van der Waals surface area contributed by atoms with Crippen molar-refractivity contribution in [3.05, 3.63) is 0 Å². The minimum Gasteiger partial charge on any atom is -0.481 e. The van der Waals surface area contributed by atoms with Crippen molar-refractivity contribution in [2.45, 2.75) is 65.3 Å². The van der Waals surface area contributed by atoms with Crippen LogP contribution in [0.15, 0.2) is 0 Å². The van der Waals surface area contributed by atoms with Gasteiger partial charge >= 0.3 is 5.97 Å². The van der Waals surface area contributed by atoms with Gasteiger partial charge in [-0.2, -0.15) is 0 Å². The first-order valence-electron chi connectivity index (χ1n) is 7.53. The van der Waals surface area contributed by atoms with Crippen molar-refractivity contribution in [2.24, 2.45) is 11.8 Å². The summed E-state index contributed by atoms with van der Waals surface area (Å²) in [6, 6.07) is 0.540. The molecule has 0 bridgehead atoms. The fraction of sp³-hybridized carbons (Fsp3) is 0.933. The summed E-state index contributed by atoms with van der Waals surface area (Å²) in [6.45, 7) is 8.24. The lowest BCUT2D eigenvalue weighted by atomic mass is 9.99. The Bertz CT molecular complexity index is 255. The van der Waals surface area contributed by atoms with Crippen LogP contribution in [-0.2, 0) is 4.79 Å². The number of carboxylic acid groups (broad SMARTS) is 1. The Morgan fingerprint density at radius 2 is 1.94 bits per heavy atom. The lowest BCUT2D eigenvalue weighted by molar-refractivity contribution is -0.142. The van der Waals surface area contributed by atoms with Gasteiger partial charge in [-0.25, -0.2) is 0 Å². The summed E-state index contributed by atoms with van der Waals surface area (Å²) in [5, 5.41) is 9.13. The molecule has 0 spiro atoms. The number of hydrogen-bond acceptors (Lipinski definition) is 2. The second kappa shape index (κ2) is 7.78. The minimum absolute atomic E-state index is 0.160. The van der Waals surface area contributed by atoms with Gasteiger partial charge in [-0.05, 0) is 19.3 Å². The number of aliphatic carboxylic acids is 1. The second-order valence-corrected chi connectivity index (χ2v) is 5.93. The summed E-state index contributed by atoms with van der Waals surface area (Å²) in [4.78, 5) is 13.5. The Hall–Kier alpha value is -0.570. The molecule has 0 aromatic rings. The first kappa shape index (κ1) is 15.5. The molecule has 1 aliphatic heterocycles. The van der Waals surface area contributed by atoms with Crippen molar-refractivity contribution in [3.8, 4) is 0 Å². The van der Waals surface area contributed by atoms with Crippen molar-refractivity contribution in [1.82, 2.24) is 4.90 Å². The first-order valence-corrected chi connectivity index (χ1v) is 7.53. The molecule has 1 saturated heterocycles. The minimum atomic E-state index is -0.625. The maximum atomic E-state index is 11.1. The largest absolute Gasteiger partial charge is 0.481 e. The van der Waals surface area contributed by atoms with E-state index in [1.807, 2.05) is 0 Å². The predicted molar refractivity (Wildman–Crippen MR) is 74.7 cm³/mol. The lowest BCUT2D eigenvalue weighted by Gasteiger charge is -2.24. The molecule has 3 nitrogen and oxygen atoms in total. The number of carbonyl (C=O) groups is 1. The summed E-state index contributed by atoms with van der Waals surface area (Å²) < 4.78 is 0. The SMILES string of the molecule is CCCCCCCC(C)N1C[C@@H](C)[C@H](C(=O)O)C1. The fourth-order valence-corrected chi connectivity index (χ4v) is 2.91. The number of nitrogens with zero attached hydrogens (tertiary/aromatic N) is 1. The molecule has 0 saturated carbocycles. The van der Waals surface area contributed by atoms with Crippen LogP contribution >= 0.6 is 0 Å². The van der Waals surface area contributed by atoms with Crippen LogP contribution in [0.1, 0.15) is 59.3 Å². The van der Waals surface area contributed by atoms with Crippen molar-refractivity contribution in [1.29, 1.82) is 0 Å². The van der Waals surface area contributed by atoms with Crippen molar-refractivity contribution < 1.29 is 9.90 Å². The summed E-state index contributed by atoms with van der Waals surface area (Å²) in [7, 11) is 0. The van der Waals surface area contributed by atoms with E-state index in [-0.39, 0.29) is 5.92 Å². The predicted octanol–water partition coefficient (Wildman–Crippen LogP) is 3.39. The molecule has 0 aliphatic carbocycles. The number of likely N-dealkylation sites (tertiary alicyclic amines) is 1. The lowest BCUT2D eigenvalue weighted by Crippen LogP contribution is -2.31. The van der Waals surface area contributed by atoms with Gasteiger partial charge in [0, 0.05) is 19.1 Å². The van der Waals surface area contributed by atoms with Crippen LogP contribution in [-0.4, -0.2) is 35.1 Å². The smallest absolute Gasteiger partial charge is 0.308 e. The molecule has 1 aliphatic rings. The van der Waals surface area contributed by atoms with Gasteiger partial charge in [-0.15, -0.1) is 0 Å². The highest BCUT2D eigenvalue weighted by Gasteiger charge is 2.36. The molecule has 0 amide bonds. The van der Waals surface area contributed by atoms with Crippen LogP contribution in [0, 0.1) is 11.8 Å². The molecule has 3 heteroatoms. The quantitative estimate of drug-likeness (QED) is 0.676. The van der Waals surface area contributed by atoms with E-state index < -0.39 is 5.97 Å². The number of carboxylic acids is 1. The Morgan fingerprint density at radius 3 is 2.50 bits per heavy atom.